The molecular weight excluding hydrogens is 582 g/mol. The van der Waals surface area contributed by atoms with Gasteiger partial charge in [0.15, 0.2) is 0 Å². The summed E-state index contributed by atoms with van der Waals surface area (Å²) < 4.78 is 32.4. The monoisotopic (exact) mass is 658 g/mol. The molecule has 3 N–H and O–H groups in total. The molecule has 0 aromatic carbocycles. The number of carbonyl (C=O) groups excluding carboxylic acids is 1. The molecule has 0 heterocycles. The molecule has 1 amide bonds. The van der Waals surface area contributed by atoms with Gasteiger partial charge in [-0.15, -0.1) is 0 Å². The summed E-state index contributed by atoms with van der Waals surface area (Å²) in [5.74, 6) is -0.904. The topological polar surface area (TPSA) is 104 Å². The summed E-state index contributed by atoms with van der Waals surface area (Å²) in [5.41, 5.74) is 0. The minimum absolute atomic E-state index is 0.256. The molecule has 0 spiro atoms. The second-order valence-electron chi connectivity index (χ2n) is 13.6. The zero-order chi connectivity index (χ0) is 33.3. The highest BCUT2D eigenvalue weighted by molar-refractivity contribution is 7.85. The van der Waals surface area contributed by atoms with Crippen molar-refractivity contribution < 1.29 is 22.9 Å². The van der Waals surface area contributed by atoms with Crippen molar-refractivity contribution in [2.24, 2.45) is 0 Å². The van der Waals surface area contributed by atoms with Crippen LogP contribution in [0.4, 0.5) is 0 Å². The van der Waals surface area contributed by atoms with Crippen LogP contribution in [0.2, 0.25) is 0 Å². The molecule has 0 aromatic heterocycles. The van der Waals surface area contributed by atoms with Gasteiger partial charge in [-0.25, -0.2) is 0 Å². The summed E-state index contributed by atoms with van der Waals surface area (Å²) >= 11 is 0. The van der Waals surface area contributed by atoms with E-state index in [0.717, 1.165) is 64.2 Å². The van der Waals surface area contributed by atoms with Crippen molar-refractivity contribution in [3.8, 4) is 0 Å². The van der Waals surface area contributed by atoms with Crippen molar-refractivity contribution in [2.45, 2.75) is 219 Å². The van der Waals surface area contributed by atoms with Crippen LogP contribution >= 0.6 is 0 Å². The number of aliphatic hydroxyl groups is 1. The maximum atomic E-state index is 12.4. The highest BCUT2D eigenvalue weighted by atomic mass is 32.2. The summed E-state index contributed by atoms with van der Waals surface area (Å²) in [7, 11) is -4.30. The van der Waals surface area contributed by atoms with Crippen LogP contribution in [0, 0.1) is 0 Å². The van der Waals surface area contributed by atoms with Gasteiger partial charge in [-0.1, -0.05) is 180 Å². The SMILES string of the molecule is CCC/C=C\CCCCCCCC(=O)NC(CS(=O)(=O)O)C(O)CCCCCCCCCCCCCCCCCCCCCC. The van der Waals surface area contributed by atoms with Gasteiger partial charge in [0, 0.05) is 6.42 Å². The van der Waals surface area contributed by atoms with E-state index in [4.69, 9.17) is 0 Å². The van der Waals surface area contributed by atoms with Crippen LogP contribution in [0.1, 0.15) is 206 Å². The molecule has 0 aliphatic heterocycles. The van der Waals surface area contributed by atoms with Crippen LogP contribution in [0.25, 0.3) is 0 Å². The lowest BCUT2D eigenvalue weighted by Crippen LogP contribution is -2.47. The normalized spacial score (nSPS) is 13.4. The van der Waals surface area contributed by atoms with Gasteiger partial charge in [-0.3, -0.25) is 9.35 Å². The van der Waals surface area contributed by atoms with Gasteiger partial charge in [-0.2, -0.15) is 8.42 Å². The third-order valence-electron chi connectivity index (χ3n) is 8.95. The van der Waals surface area contributed by atoms with E-state index in [1.165, 1.54) is 116 Å². The van der Waals surface area contributed by atoms with Gasteiger partial charge in [-0.05, 0) is 32.1 Å². The summed E-state index contributed by atoms with van der Waals surface area (Å²) in [4.78, 5) is 12.4. The van der Waals surface area contributed by atoms with Crippen molar-refractivity contribution in [1.82, 2.24) is 5.32 Å². The van der Waals surface area contributed by atoms with Crippen molar-refractivity contribution in [3.05, 3.63) is 12.2 Å². The average Bonchev–Trinajstić information content (AvgIpc) is 3.00. The Kier molecular flexibility index (Phi) is 32.3. The Bertz CT molecular complexity index is 770. The van der Waals surface area contributed by atoms with Crippen LogP contribution < -0.4 is 5.32 Å². The Morgan fingerprint density at radius 2 is 0.978 bits per heavy atom. The van der Waals surface area contributed by atoms with Crippen molar-refractivity contribution in [1.29, 1.82) is 0 Å². The molecule has 45 heavy (non-hydrogen) atoms. The quantitative estimate of drug-likeness (QED) is 0.0357. The predicted molar refractivity (Wildman–Crippen MR) is 193 cm³/mol. The third kappa shape index (κ3) is 34.2. The lowest BCUT2D eigenvalue weighted by atomic mass is 10.0. The Labute approximate surface area is 280 Å². The molecule has 7 heteroatoms. The molecular formula is C38H75NO5S. The molecule has 0 saturated carbocycles. The third-order valence-corrected chi connectivity index (χ3v) is 9.73. The zero-order valence-electron chi connectivity index (χ0n) is 29.8. The van der Waals surface area contributed by atoms with Crippen LogP contribution in [-0.2, 0) is 14.9 Å². The van der Waals surface area contributed by atoms with E-state index in [9.17, 15) is 22.9 Å². The van der Waals surface area contributed by atoms with Gasteiger partial charge >= 0.3 is 0 Å². The Morgan fingerprint density at radius 1 is 0.578 bits per heavy atom. The molecule has 0 saturated heterocycles. The molecule has 268 valence electrons. The number of carbonyl (C=O) groups is 1. The smallest absolute Gasteiger partial charge is 0.266 e. The molecule has 0 rings (SSSR count). The van der Waals surface area contributed by atoms with Crippen LogP contribution in [0.3, 0.4) is 0 Å². The van der Waals surface area contributed by atoms with E-state index in [0.29, 0.717) is 12.8 Å². The van der Waals surface area contributed by atoms with E-state index in [2.05, 4.69) is 31.3 Å². The van der Waals surface area contributed by atoms with Crippen LogP contribution in [-0.4, -0.2) is 41.9 Å². The Morgan fingerprint density at radius 3 is 1.42 bits per heavy atom. The fourth-order valence-corrected chi connectivity index (χ4v) is 6.80. The Hall–Kier alpha value is -0.920. The maximum absolute atomic E-state index is 12.4. The molecule has 0 aliphatic rings. The van der Waals surface area contributed by atoms with Crippen LogP contribution in [0.5, 0.6) is 0 Å². The first-order valence-electron chi connectivity index (χ1n) is 19.4. The zero-order valence-corrected chi connectivity index (χ0v) is 30.6. The van der Waals surface area contributed by atoms with E-state index >= 15 is 0 Å². The lowest BCUT2D eigenvalue weighted by Gasteiger charge is -2.23. The fourth-order valence-electron chi connectivity index (χ4n) is 6.05. The number of aliphatic hydroxyl groups excluding tert-OH is 1. The minimum atomic E-state index is -4.30. The number of allylic oxidation sites excluding steroid dienone is 2. The molecule has 0 radical (unpaired) electrons. The molecule has 0 bridgehead atoms. The molecule has 6 nitrogen and oxygen atoms in total. The standard InChI is InChI=1S/C38H75NO5S/c1-3-5-7-9-11-13-15-16-17-18-19-20-21-22-23-24-25-27-29-31-33-37(40)36(35-45(42,43)44)39-38(41)34-32-30-28-26-14-12-10-8-6-4-2/h8,10,36-37,40H,3-7,9,11-35H2,1-2H3,(H,39,41)(H,42,43,44)/b10-8-. The molecule has 0 fully saturated rings. The van der Waals surface area contributed by atoms with Gasteiger partial charge in [0.05, 0.1) is 17.9 Å². The number of nitrogens with one attached hydrogen (secondary N) is 1. The number of rotatable bonds is 35. The highest BCUT2D eigenvalue weighted by Gasteiger charge is 2.26. The van der Waals surface area contributed by atoms with Gasteiger partial charge < -0.3 is 10.4 Å². The fraction of sp³-hybridized carbons (Fsp3) is 0.921. The summed E-state index contributed by atoms with van der Waals surface area (Å²) in [5, 5.41) is 13.3. The van der Waals surface area contributed by atoms with Gasteiger partial charge in [0.25, 0.3) is 10.1 Å². The van der Waals surface area contributed by atoms with E-state index in [1.54, 1.807) is 0 Å². The van der Waals surface area contributed by atoms with Crippen molar-refractivity contribution in [2.75, 3.05) is 5.75 Å². The van der Waals surface area contributed by atoms with E-state index < -0.39 is 28.0 Å². The minimum Gasteiger partial charge on any atom is -0.391 e. The number of unbranched alkanes of at least 4 members (excludes halogenated alkanes) is 25. The lowest BCUT2D eigenvalue weighted by molar-refractivity contribution is -0.122. The van der Waals surface area contributed by atoms with Crippen molar-refractivity contribution in [3.63, 3.8) is 0 Å². The van der Waals surface area contributed by atoms with Crippen molar-refractivity contribution >= 4 is 16.0 Å². The van der Waals surface area contributed by atoms with E-state index in [1.807, 2.05) is 0 Å². The largest absolute Gasteiger partial charge is 0.391 e. The molecule has 2 unspecified atom stereocenters. The number of amides is 1. The van der Waals surface area contributed by atoms with Crippen LogP contribution in [0.15, 0.2) is 12.2 Å². The first kappa shape index (κ1) is 44.1. The summed E-state index contributed by atoms with van der Waals surface area (Å²) in [6.45, 7) is 4.45. The number of hydrogen-bond acceptors (Lipinski definition) is 4. The first-order chi connectivity index (χ1) is 21.8. The number of hydrogen-bond donors (Lipinski definition) is 3. The Balaban J connectivity index is 3.80. The molecule has 2 atom stereocenters. The predicted octanol–water partition coefficient (Wildman–Crippen LogP) is 11.0. The van der Waals surface area contributed by atoms with Gasteiger partial charge in [0.1, 0.15) is 0 Å². The second kappa shape index (κ2) is 33.0. The van der Waals surface area contributed by atoms with E-state index in [-0.39, 0.29) is 5.91 Å². The first-order valence-corrected chi connectivity index (χ1v) is 21.0. The van der Waals surface area contributed by atoms with Gasteiger partial charge in [0.2, 0.25) is 5.91 Å². The summed E-state index contributed by atoms with van der Waals surface area (Å²) in [6.07, 6.45) is 38.8. The average molecular weight is 658 g/mol. The summed E-state index contributed by atoms with van der Waals surface area (Å²) in [6, 6.07) is -0.970. The molecule has 0 aliphatic carbocycles. The second-order valence-corrected chi connectivity index (χ2v) is 15.1. The highest BCUT2D eigenvalue weighted by Crippen LogP contribution is 2.16. The molecule has 0 aromatic rings. The maximum Gasteiger partial charge on any atom is 0.266 e.